The summed E-state index contributed by atoms with van der Waals surface area (Å²) in [4.78, 5) is 22.7. The molecule has 2 heterocycles. The number of thiazole rings is 1. The van der Waals surface area contributed by atoms with E-state index < -0.39 is 0 Å². The fraction of sp³-hybridized carbons (Fsp3) is 0.368. The van der Waals surface area contributed by atoms with Gasteiger partial charge in [-0.1, -0.05) is 34.5 Å². The van der Waals surface area contributed by atoms with Crippen molar-refractivity contribution >= 4 is 79.5 Å². The van der Waals surface area contributed by atoms with E-state index in [-0.39, 0.29) is 18.3 Å². The molecule has 0 aliphatic rings. The Labute approximate surface area is 189 Å². The minimum atomic E-state index is 0. The number of nitrogens with zero attached hydrogens (tertiary/aromatic N) is 3. The monoisotopic (exact) mass is 477 g/mol. The first kappa shape index (κ1) is 23.4. The van der Waals surface area contributed by atoms with Crippen molar-refractivity contribution < 1.29 is 4.79 Å². The Bertz CT molecular complexity index is 955. The number of carbonyl (C=O) groups is 1. The van der Waals surface area contributed by atoms with E-state index in [1.165, 1.54) is 22.7 Å². The Morgan fingerprint density at radius 3 is 2.50 bits per heavy atom. The Morgan fingerprint density at radius 2 is 1.86 bits per heavy atom. The highest BCUT2D eigenvalue weighted by Gasteiger charge is 2.21. The summed E-state index contributed by atoms with van der Waals surface area (Å²) in [6, 6.07) is 7.58. The van der Waals surface area contributed by atoms with Crippen molar-refractivity contribution in [1.82, 2.24) is 9.88 Å². The molecule has 3 rings (SSSR count). The van der Waals surface area contributed by atoms with E-state index in [0.29, 0.717) is 22.3 Å². The van der Waals surface area contributed by atoms with Crippen molar-refractivity contribution in [3.63, 3.8) is 0 Å². The smallest absolute Gasteiger partial charge is 0.234 e. The van der Waals surface area contributed by atoms with Gasteiger partial charge in [-0.15, -0.1) is 23.7 Å². The van der Waals surface area contributed by atoms with Gasteiger partial charge < -0.3 is 4.90 Å². The first-order valence-corrected chi connectivity index (χ1v) is 11.0. The van der Waals surface area contributed by atoms with Crippen LogP contribution >= 0.6 is 58.3 Å². The Balaban J connectivity index is 0.00000280. The third-order valence-electron chi connectivity index (χ3n) is 4.21. The van der Waals surface area contributed by atoms with E-state index in [1.54, 1.807) is 4.90 Å². The fourth-order valence-electron chi connectivity index (χ4n) is 2.77. The van der Waals surface area contributed by atoms with Crippen molar-refractivity contribution in [2.45, 2.75) is 19.8 Å². The van der Waals surface area contributed by atoms with Crippen LogP contribution in [-0.2, 0) is 11.2 Å². The minimum Gasteiger partial charge on any atom is -0.309 e. The number of amides is 1. The number of aryl methyl sites for hydroxylation is 1. The lowest BCUT2D eigenvalue weighted by Gasteiger charge is -2.20. The molecule has 0 fully saturated rings. The van der Waals surface area contributed by atoms with Crippen LogP contribution in [0.1, 0.15) is 16.9 Å². The molecular weight excluding hydrogens is 457 g/mol. The average Bonchev–Trinajstić information content (AvgIpc) is 3.21. The Hall–Kier alpha value is -0.890. The molecule has 4 nitrogen and oxygen atoms in total. The Kier molecular flexibility index (Phi) is 8.55. The van der Waals surface area contributed by atoms with E-state index in [1.807, 2.05) is 45.3 Å². The number of rotatable bonds is 7. The molecule has 152 valence electrons. The highest BCUT2D eigenvalue weighted by molar-refractivity contribution is 7.22. The predicted molar refractivity (Wildman–Crippen MR) is 125 cm³/mol. The second kappa shape index (κ2) is 10.2. The summed E-state index contributed by atoms with van der Waals surface area (Å²) in [5.74, 6) is 0.0371. The lowest BCUT2D eigenvalue weighted by Crippen LogP contribution is -2.34. The Morgan fingerprint density at radius 1 is 1.11 bits per heavy atom. The summed E-state index contributed by atoms with van der Waals surface area (Å²) in [7, 11) is 4.06. The van der Waals surface area contributed by atoms with Crippen LogP contribution in [0.4, 0.5) is 5.13 Å². The molecule has 0 atom stereocenters. The second-order valence-electron chi connectivity index (χ2n) is 6.60. The van der Waals surface area contributed by atoms with Gasteiger partial charge in [0, 0.05) is 16.4 Å². The first-order valence-electron chi connectivity index (χ1n) is 8.60. The van der Waals surface area contributed by atoms with Crippen LogP contribution in [0.5, 0.6) is 0 Å². The van der Waals surface area contributed by atoms with Crippen LogP contribution in [0, 0.1) is 6.92 Å². The van der Waals surface area contributed by atoms with Gasteiger partial charge in [-0.3, -0.25) is 9.69 Å². The zero-order valence-electron chi connectivity index (χ0n) is 15.9. The van der Waals surface area contributed by atoms with Gasteiger partial charge in [-0.25, -0.2) is 4.98 Å². The summed E-state index contributed by atoms with van der Waals surface area (Å²) in [5, 5.41) is 1.42. The molecule has 1 amide bonds. The number of hydrogen-bond acceptors (Lipinski definition) is 5. The summed E-state index contributed by atoms with van der Waals surface area (Å²) in [6.45, 7) is 3.49. The second-order valence-corrected chi connectivity index (χ2v) is 9.82. The molecule has 0 spiro atoms. The number of thiophene rings is 1. The van der Waals surface area contributed by atoms with Crippen molar-refractivity contribution in [3.05, 3.63) is 44.1 Å². The minimum absolute atomic E-state index is 0. The standard InChI is InChI=1S/C19H21Cl2N3OS2.ClH/c1-12-14(20)6-7-15-18(12)22-19(27-15)24(10-4-9-23(2)3)17(25)11-13-5-8-16(21)26-13;/h5-8H,4,9-11H2,1-3H3;1H. The van der Waals surface area contributed by atoms with E-state index in [9.17, 15) is 4.79 Å². The van der Waals surface area contributed by atoms with Gasteiger partial charge in [0.15, 0.2) is 5.13 Å². The molecule has 9 heteroatoms. The predicted octanol–water partition coefficient (Wildman–Crippen LogP) is 5.92. The first-order chi connectivity index (χ1) is 12.8. The SMILES string of the molecule is Cc1c(Cl)ccc2sc(N(CCCN(C)C)C(=O)Cc3ccc(Cl)s3)nc12.Cl. The molecule has 0 radical (unpaired) electrons. The van der Waals surface area contributed by atoms with E-state index in [4.69, 9.17) is 28.2 Å². The normalized spacial score (nSPS) is 11.1. The number of anilines is 1. The number of halogens is 3. The summed E-state index contributed by atoms with van der Waals surface area (Å²) in [5.41, 5.74) is 1.81. The van der Waals surface area contributed by atoms with Crippen molar-refractivity contribution in [2.24, 2.45) is 0 Å². The zero-order valence-corrected chi connectivity index (χ0v) is 19.8. The molecule has 1 aromatic carbocycles. The highest BCUT2D eigenvalue weighted by Crippen LogP contribution is 2.34. The van der Waals surface area contributed by atoms with E-state index >= 15 is 0 Å². The molecule has 0 aliphatic carbocycles. The molecule has 0 unspecified atom stereocenters. The van der Waals surface area contributed by atoms with Crippen LogP contribution in [0.2, 0.25) is 9.36 Å². The van der Waals surface area contributed by atoms with Crippen LogP contribution in [0.25, 0.3) is 10.2 Å². The van der Waals surface area contributed by atoms with Crippen LogP contribution in [0.15, 0.2) is 24.3 Å². The molecule has 0 N–H and O–H groups in total. The molecule has 0 aliphatic heterocycles. The number of hydrogen-bond donors (Lipinski definition) is 0. The average molecular weight is 479 g/mol. The summed E-state index contributed by atoms with van der Waals surface area (Å²) in [6.07, 6.45) is 1.20. The van der Waals surface area contributed by atoms with Crippen LogP contribution < -0.4 is 4.90 Å². The summed E-state index contributed by atoms with van der Waals surface area (Å²) < 4.78 is 1.73. The number of benzene rings is 1. The third kappa shape index (κ3) is 5.59. The third-order valence-corrected chi connectivity index (χ3v) is 6.89. The summed E-state index contributed by atoms with van der Waals surface area (Å²) >= 11 is 15.2. The number of aromatic nitrogens is 1. The topological polar surface area (TPSA) is 36.4 Å². The van der Waals surface area contributed by atoms with E-state index in [0.717, 1.165) is 38.8 Å². The number of carbonyl (C=O) groups excluding carboxylic acids is 1. The molecule has 3 aromatic rings. The van der Waals surface area contributed by atoms with Gasteiger partial charge in [0.1, 0.15) is 0 Å². The highest BCUT2D eigenvalue weighted by atomic mass is 35.5. The van der Waals surface area contributed by atoms with Crippen LogP contribution in [-0.4, -0.2) is 43.0 Å². The van der Waals surface area contributed by atoms with Crippen molar-refractivity contribution in [1.29, 1.82) is 0 Å². The molecule has 0 bridgehead atoms. The van der Waals surface area contributed by atoms with Crippen LogP contribution in [0.3, 0.4) is 0 Å². The number of fused-ring (bicyclic) bond motifs is 1. The zero-order chi connectivity index (χ0) is 19.6. The molecule has 2 aromatic heterocycles. The molecule has 0 saturated carbocycles. The fourth-order valence-corrected chi connectivity index (χ4v) is 5.07. The molecule has 0 saturated heterocycles. The largest absolute Gasteiger partial charge is 0.309 e. The van der Waals surface area contributed by atoms with Gasteiger partial charge in [-0.2, -0.15) is 0 Å². The van der Waals surface area contributed by atoms with Gasteiger partial charge in [0.2, 0.25) is 5.91 Å². The molecule has 28 heavy (non-hydrogen) atoms. The maximum absolute atomic E-state index is 13.0. The lowest BCUT2D eigenvalue weighted by molar-refractivity contribution is -0.118. The lowest BCUT2D eigenvalue weighted by atomic mass is 10.2. The van der Waals surface area contributed by atoms with E-state index in [2.05, 4.69) is 4.90 Å². The van der Waals surface area contributed by atoms with Gasteiger partial charge in [0.05, 0.1) is 21.0 Å². The maximum atomic E-state index is 13.0. The van der Waals surface area contributed by atoms with Crippen molar-refractivity contribution in [2.75, 3.05) is 32.1 Å². The quantitative estimate of drug-likeness (QED) is 0.423. The van der Waals surface area contributed by atoms with Gasteiger partial charge >= 0.3 is 0 Å². The van der Waals surface area contributed by atoms with Crippen molar-refractivity contribution in [3.8, 4) is 0 Å². The maximum Gasteiger partial charge on any atom is 0.234 e. The van der Waals surface area contributed by atoms with Gasteiger partial charge in [-0.05, 0) is 63.8 Å². The molecular formula is C19H22Cl3N3OS2. The van der Waals surface area contributed by atoms with Gasteiger partial charge in [0.25, 0.3) is 0 Å².